The Morgan fingerprint density at radius 1 is 1.31 bits per heavy atom. The minimum atomic E-state index is 0.595. The second-order valence-corrected chi connectivity index (χ2v) is 7.14. The molecule has 2 aromatic rings. The fourth-order valence-corrected chi connectivity index (χ4v) is 3.22. The molecule has 1 aliphatic heterocycles. The van der Waals surface area contributed by atoms with Crippen molar-refractivity contribution in [3.8, 4) is 11.4 Å². The first-order valence-corrected chi connectivity index (χ1v) is 10.5. The van der Waals surface area contributed by atoms with E-state index in [-0.39, 0.29) is 0 Å². The molecule has 29 heavy (non-hydrogen) atoms. The zero-order chi connectivity index (χ0) is 20.2. The largest absolute Gasteiger partial charge is 0.381 e. The summed E-state index contributed by atoms with van der Waals surface area (Å²) in [7, 11) is 0. The minimum absolute atomic E-state index is 0.595. The van der Waals surface area contributed by atoms with Crippen LogP contribution < -0.4 is 10.6 Å². The third-order valence-corrected chi connectivity index (χ3v) is 4.83. The van der Waals surface area contributed by atoms with Crippen molar-refractivity contribution in [2.75, 3.05) is 39.5 Å². The van der Waals surface area contributed by atoms with Crippen LogP contribution in [0.3, 0.4) is 0 Å². The molecule has 3 rings (SSSR count). The molecule has 0 unspecified atom stereocenters. The number of aromatic amines is 1. The van der Waals surface area contributed by atoms with Crippen LogP contribution in [0.2, 0.25) is 0 Å². The maximum atomic E-state index is 5.82. The van der Waals surface area contributed by atoms with E-state index in [0.29, 0.717) is 12.5 Å². The van der Waals surface area contributed by atoms with Gasteiger partial charge in [0.25, 0.3) is 0 Å². The molecule has 0 spiro atoms. The highest BCUT2D eigenvalue weighted by atomic mass is 16.5. The number of hydrogen-bond donors (Lipinski definition) is 3. The van der Waals surface area contributed by atoms with Gasteiger partial charge in [-0.05, 0) is 43.7 Å². The Morgan fingerprint density at radius 2 is 2.21 bits per heavy atom. The number of guanidine groups is 1. The van der Waals surface area contributed by atoms with Crippen LogP contribution >= 0.6 is 0 Å². The second-order valence-electron chi connectivity index (χ2n) is 7.14. The molecule has 0 saturated carbocycles. The quantitative estimate of drug-likeness (QED) is 0.322. The summed E-state index contributed by atoms with van der Waals surface area (Å²) in [5, 5.41) is 13.5. The molecule has 158 valence electrons. The molecular formula is C21H32N6O2. The van der Waals surface area contributed by atoms with Gasteiger partial charge in [-0.15, -0.1) is 0 Å². The number of aliphatic imine (C=N–C) groups is 1. The van der Waals surface area contributed by atoms with E-state index < -0.39 is 0 Å². The average molecular weight is 401 g/mol. The molecule has 0 radical (unpaired) electrons. The molecule has 0 atom stereocenters. The lowest BCUT2D eigenvalue weighted by molar-refractivity contribution is 0.0203. The van der Waals surface area contributed by atoms with Gasteiger partial charge in [-0.2, -0.15) is 5.10 Å². The molecule has 1 saturated heterocycles. The van der Waals surface area contributed by atoms with Gasteiger partial charge in [0.1, 0.15) is 6.33 Å². The van der Waals surface area contributed by atoms with Gasteiger partial charge in [0, 0.05) is 45.1 Å². The normalized spacial score (nSPS) is 15.4. The molecule has 0 aliphatic carbocycles. The molecule has 1 aliphatic rings. The Morgan fingerprint density at radius 3 is 3.00 bits per heavy atom. The van der Waals surface area contributed by atoms with E-state index in [1.807, 2.05) is 12.1 Å². The van der Waals surface area contributed by atoms with Crippen molar-refractivity contribution in [3.63, 3.8) is 0 Å². The van der Waals surface area contributed by atoms with Crippen molar-refractivity contribution in [2.45, 2.75) is 32.7 Å². The van der Waals surface area contributed by atoms with Gasteiger partial charge in [0.05, 0.1) is 6.54 Å². The number of ether oxygens (including phenoxy) is 2. The third-order valence-electron chi connectivity index (χ3n) is 4.83. The summed E-state index contributed by atoms with van der Waals surface area (Å²) in [5.74, 6) is 2.24. The van der Waals surface area contributed by atoms with E-state index in [1.165, 1.54) is 6.33 Å². The topological polar surface area (TPSA) is 96.5 Å². The summed E-state index contributed by atoms with van der Waals surface area (Å²) < 4.78 is 11.2. The van der Waals surface area contributed by atoms with Crippen LogP contribution in [0, 0.1) is 5.92 Å². The van der Waals surface area contributed by atoms with E-state index in [9.17, 15) is 0 Å². The molecule has 8 nitrogen and oxygen atoms in total. The van der Waals surface area contributed by atoms with E-state index in [0.717, 1.165) is 81.7 Å². The number of hydrogen-bond acceptors (Lipinski definition) is 5. The monoisotopic (exact) mass is 400 g/mol. The highest BCUT2D eigenvalue weighted by Crippen LogP contribution is 2.16. The van der Waals surface area contributed by atoms with Crippen molar-refractivity contribution in [1.29, 1.82) is 0 Å². The summed E-state index contributed by atoms with van der Waals surface area (Å²) in [6, 6.07) is 8.17. The van der Waals surface area contributed by atoms with Crippen LogP contribution in [0.5, 0.6) is 0 Å². The Bertz CT molecular complexity index is 729. The van der Waals surface area contributed by atoms with Gasteiger partial charge in [0.15, 0.2) is 11.8 Å². The summed E-state index contributed by atoms with van der Waals surface area (Å²) in [6.07, 6.45) is 4.70. The summed E-state index contributed by atoms with van der Waals surface area (Å²) in [5.41, 5.74) is 2.13. The average Bonchev–Trinajstić information content (AvgIpc) is 3.30. The van der Waals surface area contributed by atoms with Crippen LogP contribution in [0.1, 0.15) is 31.7 Å². The highest BCUT2D eigenvalue weighted by molar-refractivity contribution is 5.79. The molecule has 0 bridgehead atoms. The summed E-state index contributed by atoms with van der Waals surface area (Å²) in [4.78, 5) is 8.89. The van der Waals surface area contributed by atoms with E-state index in [2.05, 4.69) is 44.9 Å². The molecule has 1 aromatic heterocycles. The Hall–Kier alpha value is -2.45. The number of benzene rings is 1. The zero-order valence-corrected chi connectivity index (χ0v) is 17.2. The molecule has 2 heterocycles. The molecule has 1 fully saturated rings. The first kappa shape index (κ1) is 21.3. The number of H-pyrrole nitrogens is 1. The van der Waals surface area contributed by atoms with E-state index in [1.54, 1.807) is 0 Å². The van der Waals surface area contributed by atoms with Crippen LogP contribution in [0.15, 0.2) is 35.6 Å². The highest BCUT2D eigenvalue weighted by Gasteiger charge is 2.13. The first-order valence-electron chi connectivity index (χ1n) is 10.5. The maximum Gasteiger partial charge on any atom is 0.191 e. The zero-order valence-electron chi connectivity index (χ0n) is 17.2. The SMILES string of the molecule is CCNC(=NCc1cccc(-c2ncn[nH]2)c1)NCCCOCC1CCOCC1. The summed E-state index contributed by atoms with van der Waals surface area (Å²) >= 11 is 0. The Kier molecular flexibility index (Phi) is 8.93. The summed E-state index contributed by atoms with van der Waals surface area (Å²) in [6.45, 7) is 7.68. The fourth-order valence-electron chi connectivity index (χ4n) is 3.22. The molecule has 1 aromatic carbocycles. The van der Waals surface area contributed by atoms with Gasteiger partial charge < -0.3 is 20.1 Å². The standard InChI is InChI=1S/C21H32N6O2/c1-2-22-21(23-9-4-10-29-15-17-7-11-28-12-8-17)24-14-18-5-3-6-19(13-18)20-25-16-26-27-20/h3,5-6,13,16-17H,2,4,7-12,14-15H2,1H3,(H2,22,23,24)(H,25,26,27). The van der Waals surface area contributed by atoms with Crippen molar-refractivity contribution in [1.82, 2.24) is 25.8 Å². The van der Waals surface area contributed by atoms with Crippen molar-refractivity contribution < 1.29 is 9.47 Å². The Labute approximate surface area is 172 Å². The number of aromatic nitrogens is 3. The maximum absolute atomic E-state index is 5.82. The Balaban J connectivity index is 1.39. The van der Waals surface area contributed by atoms with Gasteiger partial charge in [0.2, 0.25) is 0 Å². The van der Waals surface area contributed by atoms with Crippen LogP contribution in [-0.2, 0) is 16.0 Å². The number of nitrogens with zero attached hydrogens (tertiary/aromatic N) is 3. The molecule has 0 amide bonds. The predicted molar refractivity (Wildman–Crippen MR) is 114 cm³/mol. The van der Waals surface area contributed by atoms with Gasteiger partial charge in [-0.3, -0.25) is 5.10 Å². The van der Waals surface area contributed by atoms with Crippen molar-refractivity contribution in [3.05, 3.63) is 36.2 Å². The molecule has 3 N–H and O–H groups in total. The van der Waals surface area contributed by atoms with Gasteiger partial charge in [-0.25, -0.2) is 9.98 Å². The number of nitrogens with one attached hydrogen (secondary N) is 3. The van der Waals surface area contributed by atoms with Gasteiger partial charge in [-0.1, -0.05) is 18.2 Å². The lowest BCUT2D eigenvalue weighted by Crippen LogP contribution is -2.38. The van der Waals surface area contributed by atoms with Crippen molar-refractivity contribution >= 4 is 5.96 Å². The minimum Gasteiger partial charge on any atom is -0.381 e. The van der Waals surface area contributed by atoms with Gasteiger partial charge >= 0.3 is 0 Å². The van der Waals surface area contributed by atoms with E-state index in [4.69, 9.17) is 14.5 Å². The van der Waals surface area contributed by atoms with Crippen LogP contribution in [0.25, 0.3) is 11.4 Å². The fraction of sp³-hybridized carbons (Fsp3) is 0.571. The lowest BCUT2D eigenvalue weighted by atomic mass is 10.0. The third kappa shape index (κ3) is 7.47. The smallest absolute Gasteiger partial charge is 0.191 e. The molecular weight excluding hydrogens is 368 g/mol. The lowest BCUT2D eigenvalue weighted by Gasteiger charge is -2.21. The predicted octanol–water partition coefficient (Wildman–Crippen LogP) is 2.36. The molecule has 8 heteroatoms. The van der Waals surface area contributed by atoms with E-state index >= 15 is 0 Å². The number of rotatable bonds is 10. The van der Waals surface area contributed by atoms with Crippen LogP contribution in [-0.4, -0.2) is 60.7 Å². The van der Waals surface area contributed by atoms with Crippen molar-refractivity contribution in [2.24, 2.45) is 10.9 Å². The van der Waals surface area contributed by atoms with Crippen LogP contribution in [0.4, 0.5) is 0 Å². The first-order chi connectivity index (χ1) is 14.3. The second kappa shape index (κ2) is 12.2.